The Morgan fingerprint density at radius 2 is 0.979 bits per heavy atom. The Kier molecular flexibility index (Phi) is 5.69. The number of para-hydroxylation sites is 2. The van der Waals surface area contributed by atoms with Crippen molar-refractivity contribution in [3.05, 3.63) is 175 Å². The Bertz CT molecular complexity index is 2740. The maximum atomic E-state index is 2.42. The molecule has 0 aliphatic heterocycles. The van der Waals surface area contributed by atoms with E-state index in [0.717, 1.165) is 0 Å². The number of hydrogen-bond donors (Lipinski definition) is 0. The highest BCUT2D eigenvalue weighted by molar-refractivity contribution is 6.24. The topological polar surface area (TPSA) is 4.93 Å². The molecule has 0 atom stereocenters. The number of fused-ring (bicyclic) bond motifs is 7. The fourth-order valence-corrected chi connectivity index (χ4v) is 8.69. The summed E-state index contributed by atoms with van der Waals surface area (Å²) in [6, 6.07) is 60.5. The molecule has 1 heterocycles. The number of benzene rings is 8. The summed E-state index contributed by atoms with van der Waals surface area (Å²) in [7, 11) is 0. The molecule has 0 fully saturated rings. The second-order valence-corrected chi connectivity index (χ2v) is 13.7. The van der Waals surface area contributed by atoms with Gasteiger partial charge in [0, 0.05) is 21.9 Å². The lowest BCUT2D eigenvalue weighted by Gasteiger charge is -2.36. The molecule has 9 aromatic rings. The van der Waals surface area contributed by atoms with E-state index < -0.39 is 0 Å². The molecule has 226 valence electrons. The third kappa shape index (κ3) is 3.67. The van der Waals surface area contributed by atoms with Crippen LogP contribution in [0, 0.1) is 0 Å². The van der Waals surface area contributed by atoms with Crippen molar-refractivity contribution < 1.29 is 0 Å². The third-order valence-electron chi connectivity index (χ3n) is 10.8. The first-order valence-corrected chi connectivity index (χ1v) is 16.9. The van der Waals surface area contributed by atoms with Crippen molar-refractivity contribution in [2.24, 2.45) is 0 Å². The van der Waals surface area contributed by atoms with Crippen molar-refractivity contribution in [3.8, 4) is 39.1 Å². The zero-order valence-electron chi connectivity index (χ0n) is 27.0. The van der Waals surface area contributed by atoms with Gasteiger partial charge in [-0.1, -0.05) is 147 Å². The summed E-state index contributed by atoms with van der Waals surface area (Å²) in [5, 5.41) is 7.86. The summed E-state index contributed by atoms with van der Waals surface area (Å²) in [5.41, 5.74) is 14.1. The van der Waals surface area contributed by atoms with E-state index in [2.05, 4.69) is 182 Å². The van der Waals surface area contributed by atoms with E-state index in [0.29, 0.717) is 0 Å². The molecule has 1 aromatic heterocycles. The number of nitrogens with zero attached hydrogens (tertiary/aromatic N) is 1. The Balaban J connectivity index is 1.27. The number of hydrogen-bond acceptors (Lipinski definition) is 0. The molecule has 0 bridgehead atoms. The van der Waals surface area contributed by atoms with Crippen LogP contribution in [-0.4, -0.2) is 4.57 Å². The molecule has 1 aliphatic rings. The van der Waals surface area contributed by atoms with Crippen LogP contribution in [0.5, 0.6) is 0 Å². The lowest BCUT2D eigenvalue weighted by molar-refractivity contribution is 0.645. The van der Waals surface area contributed by atoms with Crippen LogP contribution in [0.25, 0.3) is 82.4 Å². The van der Waals surface area contributed by atoms with Gasteiger partial charge >= 0.3 is 0 Å². The van der Waals surface area contributed by atoms with Crippen LogP contribution in [0.2, 0.25) is 0 Å². The van der Waals surface area contributed by atoms with Crippen molar-refractivity contribution in [3.63, 3.8) is 0 Å². The molecule has 10 rings (SSSR count). The van der Waals surface area contributed by atoms with Crippen LogP contribution in [-0.2, 0) is 5.41 Å². The Labute approximate surface area is 280 Å². The summed E-state index contributed by atoms with van der Waals surface area (Å²) >= 11 is 0. The van der Waals surface area contributed by atoms with E-state index in [9.17, 15) is 0 Å². The minimum Gasteiger partial charge on any atom is -0.309 e. The Hall–Kier alpha value is -5.92. The van der Waals surface area contributed by atoms with Crippen LogP contribution in [0.4, 0.5) is 0 Å². The molecule has 0 radical (unpaired) electrons. The predicted molar refractivity (Wildman–Crippen MR) is 204 cm³/mol. The molecule has 1 aliphatic carbocycles. The average molecular weight is 612 g/mol. The molecule has 0 saturated carbocycles. The molecule has 1 heteroatoms. The van der Waals surface area contributed by atoms with Gasteiger partial charge in [0.2, 0.25) is 0 Å². The fourth-order valence-electron chi connectivity index (χ4n) is 8.69. The molecule has 1 nitrogen and oxygen atoms in total. The minimum atomic E-state index is -0.104. The van der Waals surface area contributed by atoms with E-state index in [-0.39, 0.29) is 5.41 Å². The summed E-state index contributed by atoms with van der Waals surface area (Å²) in [4.78, 5) is 0. The van der Waals surface area contributed by atoms with Crippen LogP contribution in [0.15, 0.2) is 164 Å². The summed E-state index contributed by atoms with van der Waals surface area (Å²) < 4.78 is 2.40. The lowest BCUT2D eigenvalue weighted by Crippen LogP contribution is -2.23. The van der Waals surface area contributed by atoms with Gasteiger partial charge in [-0.3, -0.25) is 0 Å². The second kappa shape index (κ2) is 10.0. The van der Waals surface area contributed by atoms with Gasteiger partial charge in [-0.15, -0.1) is 0 Å². The maximum absolute atomic E-state index is 2.42. The predicted octanol–water partition coefficient (Wildman–Crippen LogP) is 12.7. The first-order chi connectivity index (χ1) is 23.6. The largest absolute Gasteiger partial charge is 0.309 e. The summed E-state index contributed by atoms with van der Waals surface area (Å²) in [5.74, 6) is 0. The number of aromatic nitrogens is 1. The van der Waals surface area contributed by atoms with E-state index in [1.165, 1.54) is 93.5 Å². The van der Waals surface area contributed by atoms with Gasteiger partial charge in [-0.2, -0.15) is 0 Å². The van der Waals surface area contributed by atoms with Gasteiger partial charge in [-0.05, 0) is 96.4 Å². The fraction of sp³-hybridized carbons (Fsp3) is 0.0638. The molecule has 0 unspecified atom stereocenters. The van der Waals surface area contributed by atoms with Crippen LogP contribution < -0.4 is 0 Å². The molecular formula is C47H33N. The van der Waals surface area contributed by atoms with Crippen LogP contribution in [0.1, 0.15) is 25.0 Å². The molecule has 48 heavy (non-hydrogen) atoms. The van der Waals surface area contributed by atoms with Gasteiger partial charge in [0.15, 0.2) is 0 Å². The Morgan fingerprint density at radius 1 is 0.396 bits per heavy atom. The highest BCUT2D eigenvalue weighted by Crippen LogP contribution is 2.53. The van der Waals surface area contributed by atoms with Crippen LogP contribution >= 0.6 is 0 Å². The normalized spacial score (nSPS) is 13.4. The van der Waals surface area contributed by atoms with Gasteiger partial charge in [-0.25, -0.2) is 0 Å². The average Bonchev–Trinajstić information content (AvgIpc) is 3.48. The third-order valence-corrected chi connectivity index (χ3v) is 10.8. The highest BCUT2D eigenvalue weighted by Gasteiger charge is 2.35. The van der Waals surface area contributed by atoms with E-state index in [4.69, 9.17) is 0 Å². The molecule has 0 saturated heterocycles. The smallest absolute Gasteiger partial charge is 0.0547 e. The number of rotatable bonds is 3. The van der Waals surface area contributed by atoms with Crippen molar-refractivity contribution in [1.82, 2.24) is 4.57 Å². The van der Waals surface area contributed by atoms with E-state index >= 15 is 0 Å². The minimum absolute atomic E-state index is 0.104. The molecule has 0 amide bonds. The summed E-state index contributed by atoms with van der Waals surface area (Å²) in [6.45, 7) is 4.76. The maximum Gasteiger partial charge on any atom is 0.0547 e. The standard InChI is InChI=1S/C47H33N/c1-47(2)39-25-10-8-21-36(39)45-35-20-7-6-19-34(35)43(38-24-13-26-40(47)46(38)45)31-16-12-15-30(29-31)33-23-14-28-42-44(33)37-22-9-11-27-41(37)48(42)32-17-4-3-5-18-32/h3-29H,1-2H3. The highest BCUT2D eigenvalue weighted by atomic mass is 15.0. The second-order valence-electron chi connectivity index (χ2n) is 13.7. The van der Waals surface area contributed by atoms with Gasteiger partial charge < -0.3 is 4.57 Å². The van der Waals surface area contributed by atoms with E-state index in [1.54, 1.807) is 0 Å². The monoisotopic (exact) mass is 611 g/mol. The molecule has 0 spiro atoms. The van der Waals surface area contributed by atoms with Crippen molar-refractivity contribution in [2.75, 3.05) is 0 Å². The van der Waals surface area contributed by atoms with Crippen molar-refractivity contribution in [1.29, 1.82) is 0 Å². The van der Waals surface area contributed by atoms with E-state index in [1.807, 2.05) is 0 Å². The molecular weight excluding hydrogens is 579 g/mol. The molecule has 8 aromatic carbocycles. The van der Waals surface area contributed by atoms with Gasteiger partial charge in [0.25, 0.3) is 0 Å². The lowest BCUT2D eigenvalue weighted by atomic mass is 9.67. The first-order valence-electron chi connectivity index (χ1n) is 16.9. The molecule has 0 N–H and O–H groups in total. The van der Waals surface area contributed by atoms with Crippen molar-refractivity contribution >= 4 is 43.4 Å². The SMILES string of the molecule is CC1(C)c2ccccc2-c2c3ccccc3c(-c3cccc(-c4cccc5c4c4ccccc4n5-c4ccccc4)c3)c3cccc1c23. The quantitative estimate of drug-likeness (QED) is 0.175. The van der Waals surface area contributed by atoms with Gasteiger partial charge in [0.05, 0.1) is 11.0 Å². The first kappa shape index (κ1) is 27.2. The van der Waals surface area contributed by atoms with Crippen molar-refractivity contribution in [2.45, 2.75) is 19.3 Å². The Morgan fingerprint density at radius 3 is 1.83 bits per heavy atom. The zero-order chi connectivity index (χ0) is 32.0. The zero-order valence-corrected chi connectivity index (χ0v) is 27.0. The summed E-state index contributed by atoms with van der Waals surface area (Å²) in [6.07, 6.45) is 0. The van der Waals surface area contributed by atoms with Crippen LogP contribution in [0.3, 0.4) is 0 Å². The van der Waals surface area contributed by atoms with Gasteiger partial charge in [0.1, 0.15) is 0 Å².